The second-order valence-corrected chi connectivity index (χ2v) is 2.95. The van der Waals surface area contributed by atoms with Crippen LogP contribution in [0.5, 0.6) is 0 Å². The zero-order chi connectivity index (χ0) is 10.7. The third-order valence-corrected chi connectivity index (χ3v) is 1.94. The molecule has 0 radical (unpaired) electrons. The first-order chi connectivity index (χ1) is 7.33. The van der Waals surface area contributed by atoms with Gasteiger partial charge in [0.15, 0.2) is 0 Å². The molecule has 0 aliphatic heterocycles. The van der Waals surface area contributed by atoms with E-state index in [2.05, 4.69) is 9.97 Å². The van der Waals surface area contributed by atoms with Gasteiger partial charge in [-0.2, -0.15) is 5.26 Å². The van der Waals surface area contributed by atoms with Gasteiger partial charge in [0.05, 0.1) is 17.9 Å². The molecule has 0 unspecified atom stereocenters. The molecule has 15 heavy (non-hydrogen) atoms. The van der Waals surface area contributed by atoms with E-state index in [1.54, 1.807) is 29.2 Å². The Morgan fingerprint density at radius 1 is 1.40 bits per heavy atom. The van der Waals surface area contributed by atoms with Gasteiger partial charge < -0.3 is 5.11 Å². The summed E-state index contributed by atoms with van der Waals surface area (Å²) in [6, 6.07) is 5.40. The number of aliphatic hydroxyl groups excluding tert-OH is 1. The molecule has 2 aromatic heterocycles. The molecule has 2 aromatic rings. The fourth-order valence-electron chi connectivity index (χ4n) is 1.18. The first kappa shape index (κ1) is 9.37. The Kier molecular flexibility index (Phi) is 2.44. The molecule has 0 aliphatic rings. The minimum atomic E-state index is -0.0940. The number of pyridine rings is 1. The molecule has 5 nitrogen and oxygen atoms in total. The SMILES string of the molecule is N#Cc1ccc(-n2cnc(CO)c2)nc1. The summed E-state index contributed by atoms with van der Waals surface area (Å²) in [5.41, 5.74) is 1.10. The van der Waals surface area contributed by atoms with Crippen LogP contribution in [0.1, 0.15) is 11.3 Å². The van der Waals surface area contributed by atoms with Crippen molar-refractivity contribution in [1.82, 2.24) is 14.5 Å². The van der Waals surface area contributed by atoms with Crippen LogP contribution in [0.25, 0.3) is 5.82 Å². The summed E-state index contributed by atoms with van der Waals surface area (Å²) < 4.78 is 1.69. The van der Waals surface area contributed by atoms with Crippen LogP contribution < -0.4 is 0 Å². The lowest BCUT2D eigenvalue weighted by atomic mass is 10.3. The van der Waals surface area contributed by atoms with Crippen LogP contribution in [0.15, 0.2) is 30.9 Å². The molecule has 0 fully saturated rings. The maximum Gasteiger partial charge on any atom is 0.137 e. The van der Waals surface area contributed by atoms with Crippen molar-refractivity contribution in [2.45, 2.75) is 6.61 Å². The third kappa shape index (κ3) is 1.85. The molecule has 0 atom stereocenters. The van der Waals surface area contributed by atoms with Gasteiger partial charge in [0.2, 0.25) is 0 Å². The van der Waals surface area contributed by atoms with E-state index >= 15 is 0 Å². The van der Waals surface area contributed by atoms with Gasteiger partial charge in [-0.05, 0) is 12.1 Å². The van der Waals surface area contributed by atoms with Crippen LogP contribution in [0.2, 0.25) is 0 Å². The highest BCUT2D eigenvalue weighted by molar-refractivity contribution is 5.32. The first-order valence-corrected chi connectivity index (χ1v) is 4.34. The Hall–Kier alpha value is -2.19. The van der Waals surface area contributed by atoms with Crippen LogP contribution in [0.4, 0.5) is 0 Å². The van der Waals surface area contributed by atoms with Crippen molar-refractivity contribution in [3.8, 4) is 11.9 Å². The zero-order valence-electron chi connectivity index (χ0n) is 7.83. The third-order valence-electron chi connectivity index (χ3n) is 1.94. The highest BCUT2D eigenvalue weighted by atomic mass is 16.3. The first-order valence-electron chi connectivity index (χ1n) is 4.34. The van der Waals surface area contributed by atoms with Gasteiger partial charge in [-0.25, -0.2) is 9.97 Å². The summed E-state index contributed by atoms with van der Waals surface area (Å²) in [6.45, 7) is -0.0940. The van der Waals surface area contributed by atoms with Gasteiger partial charge in [-0.15, -0.1) is 0 Å². The van der Waals surface area contributed by atoms with Crippen LogP contribution >= 0.6 is 0 Å². The summed E-state index contributed by atoms with van der Waals surface area (Å²) in [6.07, 6.45) is 4.75. The minimum absolute atomic E-state index is 0.0940. The molecule has 2 rings (SSSR count). The van der Waals surface area contributed by atoms with Gasteiger partial charge in [0.1, 0.15) is 18.2 Å². The average molecular weight is 200 g/mol. The monoisotopic (exact) mass is 200 g/mol. The molecule has 2 heterocycles. The number of hydrogen-bond acceptors (Lipinski definition) is 4. The zero-order valence-corrected chi connectivity index (χ0v) is 7.83. The molecule has 0 saturated carbocycles. The van der Waals surface area contributed by atoms with Gasteiger partial charge in [0.25, 0.3) is 0 Å². The lowest BCUT2D eigenvalue weighted by Gasteiger charge is -1.99. The number of aromatic nitrogens is 3. The maximum atomic E-state index is 8.84. The van der Waals surface area contributed by atoms with E-state index in [9.17, 15) is 0 Å². The Morgan fingerprint density at radius 2 is 2.27 bits per heavy atom. The maximum absolute atomic E-state index is 8.84. The largest absolute Gasteiger partial charge is 0.390 e. The summed E-state index contributed by atoms with van der Waals surface area (Å²) in [7, 11) is 0. The van der Waals surface area contributed by atoms with Crippen molar-refractivity contribution in [1.29, 1.82) is 5.26 Å². The van der Waals surface area contributed by atoms with Crippen molar-refractivity contribution < 1.29 is 5.11 Å². The van der Waals surface area contributed by atoms with E-state index < -0.39 is 0 Å². The van der Waals surface area contributed by atoms with Crippen molar-refractivity contribution in [2.24, 2.45) is 0 Å². The number of aliphatic hydroxyl groups is 1. The normalized spacial score (nSPS) is 9.87. The number of hydrogen-bond donors (Lipinski definition) is 1. The van der Waals surface area contributed by atoms with E-state index in [4.69, 9.17) is 10.4 Å². The van der Waals surface area contributed by atoms with Gasteiger partial charge in [0, 0.05) is 12.4 Å². The number of imidazole rings is 1. The number of nitriles is 1. The standard InChI is InChI=1S/C10H8N4O/c11-3-8-1-2-10(12-4-8)14-5-9(6-15)13-7-14/h1-2,4-5,7,15H,6H2. The molecular formula is C10H8N4O. The van der Waals surface area contributed by atoms with Gasteiger partial charge >= 0.3 is 0 Å². The second kappa shape index (κ2) is 3.90. The predicted octanol–water partition coefficient (Wildman–Crippen LogP) is 0.631. The fourth-order valence-corrected chi connectivity index (χ4v) is 1.18. The summed E-state index contributed by atoms with van der Waals surface area (Å²) >= 11 is 0. The summed E-state index contributed by atoms with van der Waals surface area (Å²) in [5, 5.41) is 17.4. The highest BCUT2D eigenvalue weighted by Crippen LogP contribution is 2.06. The molecule has 0 spiro atoms. The van der Waals surface area contributed by atoms with Crippen molar-refractivity contribution in [3.05, 3.63) is 42.1 Å². The topological polar surface area (TPSA) is 74.7 Å². The quantitative estimate of drug-likeness (QED) is 0.771. The van der Waals surface area contributed by atoms with Crippen molar-refractivity contribution >= 4 is 0 Å². The molecular weight excluding hydrogens is 192 g/mol. The Balaban J connectivity index is 2.33. The van der Waals surface area contributed by atoms with Crippen LogP contribution in [0.3, 0.4) is 0 Å². The lowest BCUT2D eigenvalue weighted by Crippen LogP contribution is -1.94. The number of nitrogens with zero attached hydrogens (tertiary/aromatic N) is 4. The van der Waals surface area contributed by atoms with Gasteiger partial charge in [-0.1, -0.05) is 0 Å². The number of rotatable bonds is 2. The lowest BCUT2D eigenvalue weighted by molar-refractivity contribution is 0.277. The van der Waals surface area contributed by atoms with Crippen molar-refractivity contribution in [3.63, 3.8) is 0 Å². The predicted molar refractivity (Wildman–Crippen MR) is 52.0 cm³/mol. The molecule has 0 saturated heterocycles. The Labute approximate surface area is 86.3 Å². The van der Waals surface area contributed by atoms with Crippen LogP contribution in [-0.2, 0) is 6.61 Å². The highest BCUT2D eigenvalue weighted by Gasteiger charge is 2.00. The van der Waals surface area contributed by atoms with E-state index in [0.717, 1.165) is 0 Å². The fraction of sp³-hybridized carbons (Fsp3) is 0.100. The Morgan fingerprint density at radius 3 is 2.80 bits per heavy atom. The minimum Gasteiger partial charge on any atom is -0.390 e. The average Bonchev–Trinajstić information content (AvgIpc) is 2.78. The van der Waals surface area contributed by atoms with Crippen LogP contribution in [-0.4, -0.2) is 19.6 Å². The smallest absolute Gasteiger partial charge is 0.137 e. The molecule has 0 amide bonds. The van der Waals surface area contributed by atoms with E-state index in [0.29, 0.717) is 17.1 Å². The van der Waals surface area contributed by atoms with E-state index in [1.807, 2.05) is 6.07 Å². The molecule has 5 heteroatoms. The molecule has 0 bridgehead atoms. The van der Waals surface area contributed by atoms with Crippen molar-refractivity contribution in [2.75, 3.05) is 0 Å². The second-order valence-electron chi connectivity index (χ2n) is 2.95. The van der Waals surface area contributed by atoms with Crippen LogP contribution in [0, 0.1) is 11.3 Å². The molecule has 74 valence electrons. The molecule has 0 aliphatic carbocycles. The van der Waals surface area contributed by atoms with Gasteiger partial charge in [-0.3, -0.25) is 4.57 Å². The molecule has 0 aromatic carbocycles. The summed E-state index contributed by atoms with van der Waals surface area (Å²) in [5.74, 6) is 0.668. The van der Waals surface area contributed by atoms with E-state index in [1.165, 1.54) is 6.20 Å². The Bertz CT molecular complexity index is 495. The molecule has 1 N–H and O–H groups in total. The van der Waals surface area contributed by atoms with E-state index in [-0.39, 0.29) is 6.61 Å². The summed E-state index contributed by atoms with van der Waals surface area (Å²) in [4.78, 5) is 8.05.